The van der Waals surface area contributed by atoms with Gasteiger partial charge in [0, 0.05) is 25.8 Å². The van der Waals surface area contributed by atoms with Crippen molar-refractivity contribution in [3.05, 3.63) is 82.7 Å². The average Bonchev–Trinajstić information content (AvgIpc) is 2.70. The number of nitro groups is 1. The van der Waals surface area contributed by atoms with Gasteiger partial charge in [-0.15, -0.1) is 0 Å². The van der Waals surface area contributed by atoms with E-state index in [2.05, 4.69) is 9.97 Å². The molecule has 0 saturated carbocycles. The highest BCUT2D eigenvalue weighted by atomic mass is 16.6. The molecule has 138 valence electrons. The summed E-state index contributed by atoms with van der Waals surface area (Å²) in [4.78, 5) is 23.6. The third-order valence-electron chi connectivity index (χ3n) is 4.23. The van der Waals surface area contributed by atoms with Crippen molar-refractivity contribution < 1.29 is 4.92 Å². The predicted octanol–water partition coefficient (Wildman–Crippen LogP) is 4.18. The molecule has 0 radical (unpaired) electrons. The maximum atomic E-state index is 11.9. The Morgan fingerprint density at radius 1 is 0.963 bits per heavy atom. The van der Waals surface area contributed by atoms with Crippen molar-refractivity contribution in [2.45, 2.75) is 13.5 Å². The number of benzene rings is 2. The van der Waals surface area contributed by atoms with Gasteiger partial charge in [0.2, 0.25) is 11.6 Å². The molecule has 0 amide bonds. The van der Waals surface area contributed by atoms with E-state index in [1.807, 2.05) is 72.5 Å². The number of aromatic nitrogens is 2. The van der Waals surface area contributed by atoms with E-state index in [0.29, 0.717) is 24.7 Å². The molecule has 0 aliphatic heterocycles. The summed E-state index contributed by atoms with van der Waals surface area (Å²) in [5.74, 6) is 0.585. The fourth-order valence-corrected chi connectivity index (χ4v) is 3.00. The fourth-order valence-electron chi connectivity index (χ4n) is 3.00. The van der Waals surface area contributed by atoms with Gasteiger partial charge in [0.25, 0.3) is 0 Å². The molecule has 0 bridgehead atoms. The van der Waals surface area contributed by atoms with Crippen LogP contribution in [0.2, 0.25) is 0 Å². The number of hydrogen-bond acceptors (Lipinski definition) is 6. The van der Waals surface area contributed by atoms with Gasteiger partial charge < -0.3 is 9.80 Å². The van der Waals surface area contributed by atoms with Gasteiger partial charge in [0.15, 0.2) is 0 Å². The van der Waals surface area contributed by atoms with E-state index in [-0.39, 0.29) is 5.69 Å². The molecule has 27 heavy (non-hydrogen) atoms. The smallest absolute Gasteiger partial charge is 0.349 e. The zero-order valence-electron chi connectivity index (χ0n) is 15.3. The minimum atomic E-state index is -0.405. The molecule has 0 N–H and O–H groups in total. The van der Waals surface area contributed by atoms with E-state index in [1.54, 1.807) is 11.9 Å². The van der Waals surface area contributed by atoms with Crippen molar-refractivity contribution in [1.82, 2.24) is 9.97 Å². The Kier molecular flexibility index (Phi) is 5.61. The molecule has 2 aromatic carbocycles. The topological polar surface area (TPSA) is 75.4 Å². The van der Waals surface area contributed by atoms with E-state index in [9.17, 15) is 10.1 Å². The van der Waals surface area contributed by atoms with Gasteiger partial charge in [0.05, 0.1) is 4.92 Å². The Morgan fingerprint density at radius 3 is 2.15 bits per heavy atom. The predicted molar refractivity (Wildman–Crippen MR) is 106 cm³/mol. The molecular weight excluding hydrogens is 342 g/mol. The van der Waals surface area contributed by atoms with Crippen molar-refractivity contribution in [1.29, 1.82) is 0 Å². The van der Waals surface area contributed by atoms with Crippen LogP contribution in [0.4, 0.5) is 23.0 Å². The second kappa shape index (κ2) is 8.27. The summed E-state index contributed by atoms with van der Waals surface area (Å²) in [5.41, 5.74) is 1.80. The van der Waals surface area contributed by atoms with Gasteiger partial charge in [-0.25, -0.2) is 9.97 Å². The molecular formula is C20H21N5O2. The largest absolute Gasteiger partial charge is 0.353 e. The number of rotatable bonds is 7. The van der Waals surface area contributed by atoms with Crippen LogP contribution in [0.25, 0.3) is 0 Å². The molecule has 0 atom stereocenters. The summed E-state index contributed by atoms with van der Waals surface area (Å²) in [7, 11) is 1.80. The van der Waals surface area contributed by atoms with E-state index in [4.69, 9.17) is 0 Å². The van der Waals surface area contributed by atoms with Crippen LogP contribution in [0.3, 0.4) is 0 Å². The van der Waals surface area contributed by atoms with Crippen LogP contribution in [-0.2, 0) is 6.54 Å². The van der Waals surface area contributed by atoms with E-state index < -0.39 is 4.92 Å². The zero-order valence-corrected chi connectivity index (χ0v) is 15.3. The lowest BCUT2D eigenvalue weighted by atomic mass is 10.2. The van der Waals surface area contributed by atoms with Crippen LogP contribution in [0.5, 0.6) is 0 Å². The Morgan fingerprint density at radius 2 is 1.56 bits per heavy atom. The lowest BCUT2D eigenvalue weighted by Crippen LogP contribution is -2.23. The van der Waals surface area contributed by atoms with Gasteiger partial charge >= 0.3 is 5.69 Å². The molecule has 1 heterocycles. The number of nitrogens with zero attached hydrogens (tertiary/aromatic N) is 5. The van der Waals surface area contributed by atoms with Crippen molar-refractivity contribution >= 4 is 23.0 Å². The molecule has 0 unspecified atom stereocenters. The van der Waals surface area contributed by atoms with Gasteiger partial charge in [-0.3, -0.25) is 10.1 Å². The monoisotopic (exact) mass is 363 g/mol. The molecule has 0 aliphatic rings. The van der Waals surface area contributed by atoms with Crippen molar-refractivity contribution in [3.63, 3.8) is 0 Å². The van der Waals surface area contributed by atoms with Gasteiger partial charge in [0.1, 0.15) is 6.33 Å². The summed E-state index contributed by atoms with van der Waals surface area (Å²) in [6.07, 6.45) is 1.38. The first-order chi connectivity index (χ1) is 13.1. The summed E-state index contributed by atoms with van der Waals surface area (Å²) < 4.78 is 0. The molecule has 1 aromatic heterocycles. The normalized spacial score (nSPS) is 10.4. The average molecular weight is 363 g/mol. The van der Waals surface area contributed by atoms with Gasteiger partial charge in [-0.05, 0) is 24.6 Å². The van der Waals surface area contributed by atoms with Crippen molar-refractivity contribution in [3.8, 4) is 0 Å². The second-order valence-electron chi connectivity index (χ2n) is 6.05. The standard InChI is InChI=1S/C20H21N5O2/c1-3-24(17-12-8-5-9-13-17)20-18(25(26)27)19(21-15-22-20)23(2)14-16-10-6-4-7-11-16/h4-13,15H,3,14H2,1-2H3. The molecule has 3 rings (SSSR count). The van der Waals surface area contributed by atoms with Crippen LogP contribution >= 0.6 is 0 Å². The van der Waals surface area contributed by atoms with E-state index >= 15 is 0 Å². The number of para-hydroxylation sites is 1. The Labute approximate surface area is 158 Å². The van der Waals surface area contributed by atoms with Crippen molar-refractivity contribution in [2.75, 3.05) is 23.4 Å². The fraction of sp³-hybridized carbons (Fsp3) is 0.200. The third kappa shape index (κ3) is 4.03. The number of hydrogen-bond donors (Lipinski definition) is 0. The van der Waals surface area contributed by atoms with Crippen LogP contribution in [0.1, 0.15) is 12.5 Å². The summed E-state index contributed by atoms with van der Waals surface area (Å²) in [5, 5.41) is 11.9. The van der Waals surface area contributed by atoms with Crippen LogP contribution in [-0.4, -0.2) is 28.5 Å². The third-order valence-corrected chi connectivity index (χ3v) is 4.23. The summed E-state index contributed by atoms with van der Waals surface area (Å²) >= 11 is 0. The Hall–Kier alpha value is -3.48. The molecule has 0 saturated heterocycles. The minimum absolute atomic E-state index is 0.0957. The maximum absolute atomic E-state index is 11.9. The molecule has 0 aliphatic carbocycles. The van der Waals surface area contributed by atoms with Crippen molar-refractivity contribution in [2.24, 2.45) is 0 Å². The second-order valence-corrected chi connectivity index (χ2v) is 6.05. The first kappa shape index (κ1) is 18.3. The first-order valence-electron chi connectivity index (χ1n) is 8.68. The number of anilines is 3. The first-order valence-corrected chi connectivity index (χ1v) is 8.68. The van der Waals surface area contributed by atoms with E-state index in [1.165, 1.54) is 6.33 Å². The Balaban J connectivity index is 2.03. The molecule has 0 spiro atoms. The highest BCUT2D eigenvalue weighted by Crippen LogP contribution is 2.37. The maximum Gasteiger partial charge on any atom is 0.353 e. The minimum Gasteiger partial charge on any atom is -0.349 e. The zero-order chi connectivity index (χ0) is 19.2. The SMILES string of the molecule is CCN(c1ccccc1)c1ncnc(N(C)Cc2ccccc2)c1[N+](=O)[O-]. The molecule has 3 aromatic rings. The van der Waals surface area contributed by atoms with Crippen LogP contribution in [0.15, 0.2) is 67.0 Å². The molecule has 7 nitrogen and oxygen atoms in total. The highest BCUT2D eigenvalue weighted by molar-refractivity contribution is 5.76. The quantitative estimate of drug-likeness (QED) is 0.463. The van der Waals surface area contributed by atoms with E-state index in [0.717, 1.165) is 11.3 Å². The van der Waals surface area contributed by atoms with Crippen LogP contribution in [0, 0.1) is 10.1 Å². The Bertz CT molecular complexity index is 903. The molecule has 7 heteroatoms. The summed E-state index contributed by atoms with van der Waals surface area (Å²) in [6, 6.07) is 19.3. The summed E-state index contributed by atoms with van der Waals surface area (Å²) in [6.45, 7) is 2.99. The lowest BCUT2D eigenvalue weighted by Gasteiger charge is -2.24. The molecule has 0 fully saturated rings. The highest BCUT2D eigenvalue weighted by Gasteiger charge is 2.29. The lowest BCUT2D eigenvalue weighted by molar-refractivity contribution is -0.383. The van der Waals surface area contributed by atoms with Gasteiger partial charge in [-0.1, -0.05) is 48.5 Å². The van der Waals surface area contributed by atoms with Gasteiger partial charge in [-0.2, -0.15) is 0 Å². The van der Waals surface area contributed by atoms with Crippen LogP contribution < -0.4 is 9.80 Å².